The lowest BCUT2D eigenvalue weighted by Crippen LogP contribution is -2.12. The van der Waals surface area contributed by atoms with Gasteiger partial charge in [-0.15, -0.1) is 0 Å². The van der Waals surface area contributed by atoms with Gasteiger partial charge in [0.05, 0.1) is 7.11 Å². The van der Waals surface area contributed by atoms with Crippen molar-refractivity contribution in [2.45, 2.75) is 26.2 Å². The maximum Gasteiger partial charge on any atom is 0.122 e. The second-order valence-corrected chi connectivity index (χ2v) is 5.15. The summed E-state index contributed by atoms with van der Waals surface area (Å²) in [5.41, 5.74) is 6.85. The number of nitrogens with two attached hydrogens (primary N) is 1. The van der Waals surface area contributed by atoms with Crippen LogP contribution in [0.1, 0.15) is 31.7 Å². The zero-order valence-corrected chi connectivity index (χ0v) is 11.8. The Morgan fingerprint density at radius 1 is 1.38 bits per heavy atom. The topological polar surface area (TPSA) is 35.2 Å². The van der Waals surface area contributed by atoms with Gasteiger partial charge in [0.25, 0.3) is 0 Å². The fourth-order valence-electron chi connectivity index (χ4n) is 1.88. The average molecular weight is 286 g/mol. The minimum Gasteiger partial charge on any atom is -0.496 e. The van der Waals surface area contributed by atoms with E-state index in [-0.39, 0.29) is 0 Å². The molecule has 0 saturated carbocycles. The van der Waals surface area contributed by atoms with Crippen LogP contribution in [-0.4, -0.2) is 13.7 Å². The molecule has 0 aliphatic rings. The molecule has 1 aromatic carbocycles. The van der Waals surface area contributed by atoms with Gasteiger partial charge in [0.2, 0.25) is 0 Å². The molecule has 2 unspecified atom stereocenters. The number of hydrogen-bond donors (Lipinski definition) is 1. The number of halogens is 1. The summed E-state index contributed by atoms with van der Waals surface area (Å²) >= 11 is 3.50. The van der Waals surface area contributed by atoms with Crippen LogP contribution in [0.15, 0.2) is 22.7 Å². The third-order valence-corrected chi connectivity index (χ3v) is 3.65. The molecule has 2 N–H and O–H groups in total. The highest BCUT2D eigenvalue weighted by molar-refractivity contribution is 9.10. The molecule has 2 nitrogen and oxygen atoms in total. The van der Waals surface area contributed by atoms with Crippen LogP contribution in [0.5, 0.6) is 5.75 Å². The lowest BCUT2D eigenvalue weighted by atomic mass is 9.86. The standard InChI is InChI=1S/C13H20BrNO/c1-9(6-7-15)10(2)12-8-11(14)4-5-13(12)16-3/h4-5,8-10H,6-7,15H2,1-3H3. The Morgan fingerprint density at radius 3 is 2.62 bits per heavy atom. The molecule has 1 aromatic rings. The Bertz CT molecular complexity index is 341. The van der Waals surface area contributed by atoms with Crippen molar-refractivity contribution in [1.82, 2.24) is 0 Å². The van der Waals surface area contributed by atoms with Crippen LogP contribution in [0, 0.1) is 5.92 Å². The van der Waals surface area contributed by atoms with Crippen LogP contribution in [0.4, 0.5) is 0 Å². The summed E-state index contributed by atoms with van der Waals surface area (Å²) in [7, 11) is 1.72. The van der Waals surface area contributed by atoms with Crippen LogP contribution < -0.4 is 10.5 Å². The maximum absolute atomic E-state index is 5.61. The molecule has 0 spiro atoms. The highest BCUT2D eigenvalue weighted by atomic mass is 79.9. The lowest BCUT2D eigenvalue weighted by molar-refractivity contribution is 0.390. The summed E-state index contributed by atoms with van der Waals surface area (Å²) < 4.78 is 6.49. The van der Waals surface area contributed by atoms with E-state index in [9.17, 15) is 0 Å². The average Bonchev–Trinajstić information content (AvgIpc) is 2.28. The van der Waals surface area contributed by atoms with Gasteiger partial charge in [-0.25, -0.2) is 0 Å². The molecule has 0 heterocycles. The highest BCUT2D eigenvalue weighted by Crippen LogP contribution is 2.34. The van der Waals surface area contributed by atoms with Gasteiger partial charge in [0.15, 0.2) is 0 Å². The summed E-state index contributed by atoms with van der Waals surface area (Å²) in [5, 5.41) is 0. The zero-order chi connectivity index (χ0) is 12.1. The number of rotatable bonds is 5. The summed E-state index contributed by atoms with van der Waals surface area (Å²) in [6.45, 7) is 5.20. The third kappa shape index (κ3) is 3.22. The van der Waals surface area contributed by atoms with E-state index in [1.165, 1.54) is 5.56 Å². The van der Waals surface area contributed by atoms with E-state index >= 15 is 0 Å². The molecule has 0 aliphatic heterocycles. The number of benzene rings is 1. The zero-order valence-electron chi connectivity index (χ0n) is 10.2. The first-order chi connectivity index (χ1) is 7.60. The van der Waals surface area contributed by atoms with Crippen molar-refractivity contribution in [2.24, 2.45) is 11.7 Å². The summed E-state index contributed by atoms with van der Waals surface area (Å²) in [5.74, 6) is 1.98. The molecule has 16 heavy (non-hydrogen) atoms. The van der Waals surface area contributed by atoms with E-state index in [2.05, 4.69) is 35.8 Å². The highest BCUT2D eigenvalue weighted by Gasteiger charge is 2.17. The van der Waals surface area contributed by atoms with Gasteiger partial charge < -0.3 is 10.5 Å². The van der Waals surface area contributed by atoms with Crippen LogP contribution in [0.25, 0.3) is 0 Å². The van der Waals surface area contributed by atoms with Crippen LogP contribution in [0.3, 0.4) is 0 Å². The smallest absolute Gasteiger partial charge is 0.122 e. The predicted octanol–water partition coefficient (Wildman–Crippen LogP) is 3.55. The molecule has 0 fully saturated rings. The lowest BCUT2D eigenvalue weighted by Gasteiger charge is -2.22. The molecule has 0 saturated heterocycles. The Balaban J connectivity index is 2.96. The van der Waals surface area contributed by atoms with Gasteiger partial charge in [0, 0.05) is 4.47 Å². The summed E-state index contributed by atoms with van der Waals surface area (Å²) in [6, 6.07) is 6.14. The molecule has 0 aliphatic carbocycles. The van der Waals surface area contributed by atoms with E-state index < -0.39 is 0 Å². The SMILES string of the molecule is COc1ccc(Br)cc1C(C)C(C)CCN. The Kier molecular flexibility index (Phi) is 5.29. The monoisotopic (exact) mass is 285 g/mol. The molecular formula is C13H20BrNO. The first kappa shape index (κ1) is 13.5. The van der Waals surface area contributed by atoms with E-state index in [1.807, 2.05) is 12.1 Å². The quantitative estimate of drug-likeness (QED) is 0.898. The minimum absolute atomic E-state index is 0.455. The minimum atomic E-state index is 0.455. The van der Waals surface area contributed by atoms with Gasteiger partial charge >= 0.3 is 0 Å². The van der Waals surface area contributed by atoms with Crippen molar-refractivity contribution in [3.63, 3.8) is 0 Å². The molecule has 0 radical (unpaired) electrons. The molecule has 1 rings (SSSR count). The van der Waals surface area contributed by atoms with Gasteiger partial charge in [-0.1, -0.05) is 29.8 Å². The molecule has 90 valence electrons. The number of hydrogen-bond acceptors (Lipinski definition) is 2. The first-order valence-corrected chi connectivity index (χ1v) is 6.43. The largest absolute Gasteiger partial charge is 0.496 e. The Hall–Kier alpha value is -0.540. The number of methoxy groups -OCH3 is 1. The van der Waals surface area contributed by atoms with E-state index in [0.717, 1.165) is 23.2 Å². The van der Waals surface area contributed by atoms with Crippen LogP contribution in [-0.2, 0) is 0 Å². The molecule has 0 bridgehead atoms. The van der Waals surface area contributed by atoms with Gasteiger partial charge in [-0.2, -0.15) is 0 Å². The van der Waals surface area contributed by atoms with Crippen molar-refractivity contribution in [3.05, 3.63) is 28.2 Å². The van der Waals surface area contributed by atoms with Crippen molar-refractivity contribution >= 4 is 15.9 Å². The van der Waals surface area contributed by atoms with Gasteiger partial charge in [-0.3, -0.25) is 0 Å². The van der Waals surface area contributed by atoms with Crippen molar-refractivity contribution in [1.29, 1.82) is 0 Å². The molecule has 0 aromatic heterocycles. The molecule has 0 amide bonds. The van der Waals surface area contributed by atoms with Crippen molar-refractivity contribution in [2.75, 3.05) is 13.7 Å². The van der Waals surface area contributed by atoms with Crippen molar-refractivity contribution < 1.29 is 4.74 Å². The summed E-state index contributed by atoms with van der Waals surface area (Å²) in [4.78, 5) is 0. The fourth-order valence-corrected chi connectivity index (χ4v) is 2.26. The van der Waals surface area contributed by atoms with E-state index in [1.54, 1.807) is 7.11 Å². The van der Waals surface area contributed by atoms with Crippen molar-refractivity contribution in [3.8, 4) is 5.75 Å². The maximum atomic E-state index is 5.61. The third-order valence-electron chi connectivity index (χ3n) is 3.16. The first-order valence-electron chi connectivity index (χ1n) is 5.63. The normalized spacial score (nSPS) is 14.6. The second kappa shape index (κ2) is 6.26. The molecular weight excluding hydrogens is 266 g/mol. The van der Waals surface area contributed by atoms with Crippen LogP contribution >= 0.6 is 15.9 Å². The van der Waals surface area contributed by atoms with Crippen LogP contribution in [0.2, 0.25) is 0 Å². The van der Waals surface area contributed by atoms with E-state index in [4.69, 9.17) is 10.5 Å². The Labute approximate surface area is 106 Å². The van der Waals surface area contributed by atoms with Gasteiger partial charge in [0.1, 0.15) is 5.75 Å². The fraction of sp³-hybridized carbons (Fsp3) is 0.538. The predicted molar refractivity (Wildman–Crippen MR) is 71.9 cm³/mol. The van der Waals surface area contributed by atoms with Gasteiger partial charge in [-0.05, 0) is 48.6 Å². The summed E-state index contributed by atoms with van der Waals surface area (Å²) in [6.07, 6.45) is 1.04. The van der Waals surface area contributed by atoms with E-state index in [0.29, 0.717) is 11.8 Å². The molecule has 3 heteroatoms. The second-order valence-electron chi connectivity index (χ2n) is 4.23. The number of ether oxygens (including phenoxy) is 1. The molecule has 2 atom stereocenters. The Morgan fingerprint density at radius 2 is 2.06 bits per heavy atom.